The minimum absolute atomic E-state index is 0.157. The largest absolute Gasteiger partial charge is 0.490 e. The normalized spacial score (nSPS) is 16.3. The predicted octanol–water partition coefficient (Wildman–Crippen LogP) is 4.90. The van der Waals surface area contributed by atoms with Gasteiger partial charge in [0.05, 0.1) is 16.8 Å². The van der Waals surface area contributed by atoms with Gasteiger partial charge in [0.2, 0.25) is 0 Å². The molecule has 0 spiro atoms. The summed E-state index contributed by atoms with van der Waals surface area (Å²) in [5.41, 5.74) is 7.86. The van der Waals surface area contributed by atoms with Crippen molar-refractivity contribution in [1.29, 1.82) is 0 Å². The van der Waals surface area contributed by atoms with Crippen LogP contribution in [0.15, 0.2) is 18.5 Å². The maximum atomic E-state index is 15.5. The van der Waals surface area contributed by atoms with Gasteiger partial charge in [-0.1, -0.05) is 18.5 Å². The molecule has 2 atom stereocenters. The van der Waals surface area contributed by atoms with Gasteiger partial charge in [0, 0.05) is 43.1 Å². The van der Waals surface area contributed by atoms with Gasteiger partial charge in [-0.15, -0.1) is 0 Å². The number of halogens is 2. The quantitative estimate of drug-likeness (QED) is 0.462. The highest BCUT2D eigenvalue weighted by Gasteiger charge is 2.31. The van der Waals surface area contributed by atoms with E-state index in [4.69, 9.17) is 31.8 Å². The highest BCUT2D eigenvalue weighted by atomic mass is 35.5. The van der Waals surface area contributed by atoms with Gasteiger partial charge in [-0.25, -0.2) is 14.4 Å². The molecule has 1 aromatic carbocycles. The number of nitrogen functional groups attached to an aromatic ring is 1. The zero-order chi connectivity index (χ0) is 26.1. The second-order valence-corrected chi connectivity index (χ2v) is 10.1. The second-order valence-electron chi connectivity index (χ2n) is 9.65. The number of carbonyl (C=O) groups is 1. The number of imidazole rings is 1. The van der Waals surface area contributed by atoms with Crippen LogP contribution in [0, 0.1) is 18.7 Å². The molecule has 0 bridgehead atoms. The van der Waals surface area contributed by atoms with E-state index in [1.165, 1.54) is 6.07 Å². The molecule has 3 aromatic rings. The molecule has 1 aliphatic heterocycles. The summed E-state index contributed by atoms with van der Waals surface area (Å²) in [4.78, 5) is 22.4. The van der Waals surface area contributed by atoms with Crippen molar-refractivity contribution >= 4 is 28.8 Å². The lowest BCUT2D eigenvalue weighted by Crippen LogP contribution is -2.41. The van der Waals surface area contributed by atoms with Crippen molar-refractivity contribution in [3.63, 3.8) is 0 Å². The van der Waals surface area contributed by atoms with E-state index in [9.17, 15) is 4.79 Å². The summed E-state index contributed by atoms with van der Waals surface area (Å²) in [5, 5.41) is 2.82. The van der Waals surface area contributed by atoms with E-state index in [1.807, 2.05) is 39.0 Å². The molecular weight excluding hydrogens is 485 g/mol. The molecule has 4 rings (SSSR count). The second kappa shape index (κ2) is 10.6. The average molecular weight is 518 g/mol. The Bertz CT molecular complexity index is 1270. The number of fused-ring (bicyclic) bond motifs is 1. The number of rotatable bonds is 7. The van der Waals surface area contributed by atoms with Crippen molar-refractivity contribution in [2.24, 2.45) is 5.92 Å². The molecule has 2 unspecified atom stereocenters. The number of hydrogen-bond acceptors (Lipinski definition) is 6. The van der Waals surface area contributed by atoms with Gasteiger partial charge in [-0.2, -0.15) is 0 Å². The molecule has 2 aromatic heterocycles. The number of nitrogens with zero attached hydrogens (tertiary/aromatic N) is 3. The fourth-order valence-electron chi connectivity index (χ4n) is 4.84. The van der Waals surface area contributed by atoms with E-state index in [0.29, 0.717) is 41.6 Å². The first kappa shape index (κ1) is 26.2. The minimum atomic E-state index is -0.808. The van der Waals surface area contributed by atoms with Crippen LogP contribution in [0.3, 0.4) is 0 Å². The summed E-state index contributed by atoms with van der Waals surface area (Å²) in [6.45, 7) is 10.6. The number of carbonyl (C=O) groups excluding carboxylic acids is 1. The predicted molar refractivity (Wildman–Crippen MR) is 137 cm³/mol. The summed E-state index contributed by atoms with van der Waals surface area (Å²) >= 11 is 6.35. The third-order valence-corrected chi connectivity index (χ3v) is 7.03. The summed E-state index contributed by atoms with van der Waals surface area (Å²) in [5.74, 6) is -0.357. The van der Waals surface area contributed by atoms with Crippen LogP contribution in [0.2, 0.25) is 5.02 Å². The molecule has 1 fully saturated rings. The molecule has 3 N–H and O–H groups in total. The molecule has 1 amide bonds. The van der Waals surface area contributed by atoms with Crippen molar-refractivity contribution in [3.8, 4) is 5.75 Å². The first-order chi connectivity index (χ1) is 17.1. The first-order valence-corrected chi connectivity index (χ1v) is 12.6. The van der Waals surface area contributed by atoms with E-state index in [0.717, 1.165) is 12.8 Å². The highest BCUT2D eigenvalue weighted by molar-refractivity contribution is 6.31. The van der Waals surface area contributed by atoms with E-state index in [-0.39, 0.29) is 34.4 Å². The third-order valence-electron chi connectivity index (χ3n) is 6.75. The zero-order valence-electron chi connectivity index (χ0n) is 21.3. The number of ether oxygens (including phenoxy) is 2. The van der Waals surface area contributed by atoms with Gasteiger partial charge in [0.1, 0.15) is 28.5 Å². The SMILES string of the molecule is Cc1nc(C(C)c2cc(Cl)c(F)c(C(=O)NC(C)C3CCOCC3)c2OC(C)C)n2ccnc(N)c12. The van der Waals surface area contributed by atoms with E-state index >= 15 is 4.39 Å². The lowest BCUT2D eigenvalue weighted by molar-refractivity contribution is 0.0537. The Labute approximate surface area is 215 Å². The van der Waals surface area contributed by atoms with Crippen molar-refractivity contribution in [2.45, 2.75) is 65.5 Å². The highest BCUT2D eigenvalue weighted by Crippen LogP contribution is 2.40. The maximum Gasteiger partial charge on any atom is 0.258 e. The van der Waals surface area contributed by atoms with Crippen molar-refractivity contribution < 1.29 is 18.7 Å². The van der Waals surface area contributed by atoms with Crippen molar-refractivity contribution in [2.75, 3.05) is 18.9 Å². The fraction of sp³-hybridized carbons (Fsp3) is 0.500. The Balaban J connectivity index is 1.80. The molecule has 8 nitrogen and oxygen atoms in total. The number of nitrogens with two attached hydrogens (primary N) is 1. The molecule has 0 radical (unpaired) electrons. The van der Waals surface area contributed by atoms with E-state index in [1.54, 1.807) is 12.4 Å². The topological polar surface area (TPSA) is 104 Å². The van der Waals surface area contributed by atoms with Crippen LogP contribution in [0.4, 0.5) is 10.2 Å². The van der Waals surface area contributed by atoms with Gasteiger partial charge in [0.25, 0.3) is 5.91 Å². The number of nitrogens with one attached hydrogen (secondary N) is 1. The summed E-state index contributed by atoms with van der Waals surface area (Å²) < 4.78 is 28.8. The number of anilines is 1. The summed E-state index contributed by atoms with van der Waals surface area (Å²) in [6.07, 6.45) is 4.73. The van der Waals surface area contributed by atoms with Crippen molar-refractivity contribution in [1.82, 2.24) is 19.7 Å². The molecule has 0 aliphatic carbocycles. The molecule has 3 heterocycles. The number of aryl methyl sites for hydroxylation is 1. The van der Waals surface area contributed by atoms with Gasteiger partial charge >= 0.3 is 0 Å². The molecule has 194 valence electrons. The molecule has 10 heteroatoms. The van der Waals surface area contributed by atoms with Gasteiger partial charge in [0.15, 0.2) is 5.82 Å². The number of aromatic nitrogens is 3. The van der Waals surface area contributed by atoms with Crippen LogP contribution in [-0.2, 0) is 4.74 Å². The Kier molecular flexibility index (Phi) is 7.70. The third kappa shape index (κ3) is 4.99. The lowest BCUT2D eigenvalue weighted by atomic mass is 9.92. The Morgan fingerprint density at radius 1 is 1.31 bits per heavy atom. The van der Waals surface area contributed by atoms with Gasteiger partial charge in [-0.3, -0.25) is 9.20 Å². The number of benzene rings is 1. The van der Waals surface area contributed by atoms with Gasteiger partial charge < -0.3 is 20.5 Å². The summed E-state index contributed by atoms with van der Waals surface area (Å²) in [7, 11) is 0. The fourth-order valence-corrected chi connectivity index (χ4v) is 5.05. The van der Waals surface area contributed by atoms with E-state index < -0.39 is 17.6 Å². The van der Waals surface area contributed by atoms with Crippen molar-refractivity contribution in [3.05, 3.63) is 51.9 Å². The van der Waals surface area contributed by atoms with Crippen LogP contribution in [0.25, 0.3) is 5.52 Å². The van der Waals surface area contributed by atoms with Crippen LogP contribution >= 0.6 is 11.6 Å². The Morgan fingerprint density at radius 2 is 2.00 bits per heavy atom. The zero-order valence-corrected chi connectivity index (χ0v) is 22.0. The lowest BCUT2D eigenvalue weighted by Gasteiger charge is -2.29. The van der Waals surface area contributed by atoms with Gasteiger partial charge in [-0.05, 0) is 52.5 Å². The summed E-state index contributed by atoms with van der Waals surface area (Å²) in [6, 6.07) is 1.35. The first-order valence-electron chi connectivity index (χ1n) is 12.3. The standard InChI is InChI=1S/C26H33ClFN5O3/c1-13(2)36-23-18(14(3)25-31-16(5)22-24(29)30-8-9-33(22)25)12-19(27)21(28)20(23)26(34)32-15(4)17-6-10-35-11-7-17/h8-9,12-15,17H,6-7,10-11H2,1-5H3,(H2,29,30)(H,32,34). The van der Waals surface area contributed by atoms with Crippen LogP contribution in [-0.4, -0.2) is 45.6 Å². The Hall–Kier alpha value is -2.91. The number of hydrogen-bond donors (Lipinski definition) is 2. The van der Waals surface area contributed by atoms with Crippen LogP contribution in [0.5, 0.6) is 5.75 Å². The molecule has 1 saturated heterocycles. The van der Waals surface area contributed by atoms with Crippen LogP contribution < -0.4 is 15.8 Å². The Morgan fingerprint density at radius 3 is 2.67 bits per heavy atom. The average Bonchev–Trinajstić information content (AvgIpc) is 3.18. The maximum absolute atomic E-state index is 15.5. The minimum Gasteiger partial charge on any atom is -0.490 e. The molecular formula is C26H33ClFN5O3. The monoisotopic (exact) mass is 517 g/mol. The molecule has 0 saturated carbocycles. The van der Waals surface area contributed by atoms with E-state index in [2.05, 4.69) is 10.3 Å². The van der Waals surface area contributed by atoms with Crippen LogP contribution in [0.1, 0.15) is 73.9 Å². The molecule has 1 aliphatic rings. The smallest absolute Gasteiger partial charge is 0.258 e. The molecule has 36 heavy (non-hydrogen) atoms. The number of amides is 1.